The fraction of sp³-hybridized carbons (Fsp3) is 0.306. The van der Waals surface area contributed by atoms with Crippen LogP contribution in [-0.4, -0.2) is 68.1 Å². The number of halogens is 1. The van der Waals surface area contributed by atoms with Crippen LogP contribution in [0.3, 0.4) is 0 Å². The van der Waals surface area contributed by atoms with Crippen molar-refractivity contribution in [2.24, 2.45) is 5.92 Å². The lowest BCUT2D eigenvalue weighted by Gasteiger charge is -2.34. The van der Waals surface area contributed by atoms with Gasteiger partial charge in [0.1, 0.15) is 17.7 Å². The van der Waals surface area contributed by atoms with Crippen LogP contribution >= 0.6 is 0 Å². The van der Waals surface area contributed by atoms with Crippen molar-refractivity contribution in [1.82, 2.24) is 9.80 Å². The minimum atomic E-state index is -4.00. The van der Waals surface area contributed by atoms with Crippen molar-refractivity contribution in [3.8, 4) is 16.9 Å². The molecule has 4 aromatic carbocycles. The predicted octanol–water partition coefficient (Wildman–Crippen LogP) is 5.57. The molecule has 0 radical (unpaired) electrons. The zero-order valence-electron chi connectivity index (χ0n) is 26.3. The van der Waals surface area contributed by atoms with Crippen molar-refractivity contribution < 1.29 is 27.4 Å². The van der Waals surface area contributed by atoms with Gasteiger partial charge in [-0.2, -0.15) is 0 Å². The molecular weight excluding hydrogens is 605 g/mol. The number of nitrogens with zero attached hydrogens (tertiary/aromatic N) is 2. The molecule has 0 saturated carbocycles. The van der Waals surface area contributed by atoms with Crippen LogP contribution in [0.2, 0.25) is 0 Å². The second-order valence-electron chi connectivity index (χ2n) is 12.0. The van der Waals surface area contributed by atoms with Crippen LogP contribution in [0.4, 0.5) is 10.1 Å². The van der Waals surface area contributed by atoms with Gasteiger partial charge >= 0.3 is 0 Å². The maximum Gasteiger partial charge on any atom is 0.261 e. The van der Waals surface area contributed by atoms with E-state index in [-0.39, 0.29) is 41.5 Å². The maximum absolute atomic E-state index is 13.6. The van der Waals surface area contributed by atoms with Gasteiger partial charge in [-0.05, 0) is 73.1 Å². The molecule has 4 aromatic rings. The normalized spacial score (nSPS) is 17.8. The van der Waals surface area contributed by atoms with Gasteiger partial charge in [0.15, 0.2) is 0 Å². The molecule has 0 bridgehead atoms. The molecule has 2 N–H and O–H groups in total. The predicted molar refractivity (Wildman–Crippen MR) is 177 cm³/mol. The molecule has 242 valence electrons. The van der Waals surface area contributed by atoms with Gasteiger partial charge < -0.3 is 14.7 Å². The molecule has 1 aliphatic heterocycles. The van der Waals surface area contributed by atoms with Gasteiger partial charge in [0.05, 0.1) is 24.0 Å². The second-order valence-corrected chi connectivity index (χ2v) is 13.7. The molecule has 1 heterocycles. The third-order valence-electron chi connectivity index (χ3n) is 8.30. The number of hydrogen-bond donors (Lipinski definition) is 2. The summed E-state index contributed by atoms with van der Waals surface area (Å²) in [5.74, 6) is -0.314. The summed E-state index contributed by atoms with van der Waals surface area (Å²) in [6.45, 7) is 5.30. The second kappa shape index (κ2) is 14.5. The lowest BCUT2D eigenvalue weighted by atomic mass is 10.0. The molecule has 0 unspecified atom stereocenters. The first-order chi connectivity index (χ1) is 22.0. The van der Waals surface area contributed by atoms with Gasteiger partial charge in [-0.15, -0.1) is 0 Å². The lowest BCUT2D eigenvalue weighted by Crippen LogP contribution is -2.47. The van der Waals surface area contributed by atoms with E-state index in [1.54, 1.807) is 30.0 Å². The number of fused-ring (bicyclic) bond motifs is 1. The summed E-state index contributed by atoms with van der Waals surface area (Å²) in [5.41, 5.74) is 4.25. The van der Waals surface area contributed by atoms with Crippen LogP contribution in [0, 0.1) is 11.7 Å². The number of nitrogens with one attached hydrogen (secondary N) is 1. The van der Waals surface area contributed by atoms with Crippen molar-refractivity contribution in [1.29, 1.82) is 0 Å². The Bertz CT molecular complexity index is 1730. The van der Waals surface area contributed by atoms with E-state index in [0.717, 1.165) is 28.8 Å². The number of carbonyl (C=O) groups is 1. The molecule has 1 amide bonds. The molecule has 0 saturated heterocycles. The SMILES string of the molecule is C[C@@H]1CN([C@@H](C)CO)C(=O)Cc2cc(NS(=O)(=O)c3ccc(F)cc3)ccc2O[C@@H]1CN(C)Cc1ccc(-c2ccccc2)cc1. The number of aliphatic hydroxyl groups excluding tert-OH is 1. The number of rotatable bonds is 10. The highest BCUT2D eigenvalue weighted by molar-refractivity contribution is 7.92. The van der Waals surface area contributed by atoms with Crippen molar-refractivity contribution >= 4 is 21.6 Å². The summed E-state index contributed by atoms with van der Waals surface area (Å²) in [6.07, 6.45) is -0.345. The quantitative estimate of drug-likeness (QED) is 0.234. The van der Waals surface area contributed by atoms with Gasteiger partial charge in [-0.3, -0.25) is 14.4 Å². The topological polar surface area (TPSA) is 99.2 Å². The highest BCUT2D eigenvalue weighted by Gasteiger charge is 2.31. The van der Waals surface area contributed by atoms with Gasteiger partial charge in [0.25, 0.3) is 10.0 Å². The summed E-state index contributed by atoms with van der Waals surface area (Å²) in [7, 11) is -1.97. The first-order valence-electron chi connectivity index (χ1n) is 15.3. The van der Waals surface area contributed by atoms with Gasteiger partial charge in [-0.25, -0.2) is 12.8 Å². The number of sulfonamides is 1. The molecule has 10 heteroatoms. The summed E-state index contributed by atoms with van der Waals surface area (Å²) < 4.78 is 48.5. The van der Waals surface area contributed by atoms with Crippen molar-refractivity contribution in [2.45, 2.75) is 43.9 Å². The number of anilines is 1. The summed E-state index contributed by atoms with van der Waals surface area (Å²) in [4.78, 5) is 17.3. The van der Waals surface area contributed by atoms with E-state index < -0.39 is 21.9 Å². The molecule has 3 atom stereocenters. The Labute approximate surface area is 270 Å². The Morgan fingerprint density at radius 2 is 1.67 bits per heavy atom. The number of likely N-dealkylation sites (N-methyl/N-ethyl adjacent to an activating group) is 1. The number of aliphatic hydroxyl groups is 1. The average Bonchev–Trinajstić information content (AvgIpc) is 3.08. The smallest absolute Gasteiger partial charge is 0.261 e. The Morgan fingerprint density at radius 1 is 1.00 bits per heavy atom. The van der Waals surface area contributed by atoms with Crippen LogP contribution in [0.5, 0.6) is 5.75 Å². The van der Waals surface area contributed by atoms with Crippen LogP contribution in [0.25, 0.3) is 11.1 Å². The molecule has 0 aliphatic carbocycles. The third-order valence-corrected chi connectivity index (χ3v) is 9.70. The highest BCUT2D eigenvalue weighted by Crippen LogP contribution is 2.30. The Balaban J connectivity index is 1.37. The van der Waals surface area contributed by atoms with E-state index in [1.807, 2.05) is 32.2 Å². The van der Waals surface area contributed by atoms with Crippen molar-refractivity contribution in [3.05, 3.63) is 114 Å². The molecular formula is C36H40FN3O5S. The van der Waals surface area contributed by atoms with E-state index >= 15 is 0 Å². The summed E-state index contributed by atoms with van der Waals surface area (Å²) in [6, 6.07) is 27.7. The maximum atomic E-state index is 13.6. The van der Waals surface area contributed by atoms with Crippen LogP contribution in [-0.2, 0) is 27.8 Å². The van der Waals surface area contributed by atoms with Gasteiger partial charge in [0.2, 0.25) is 5.91 Å². The largest absolute Gasteiger partial charge is 0.488 e. The van der Waals surface area contributed by atoms with E-state index in [4.69, 9.17) is 4.74 Å². The Kier molecular flexibility index (Phi) is 10.4. The first-order valence-corrected chi connectivity index (χ1v) is 16.8. The van der Waals surface area contributed by atoms with Crippen molar-refractivity contribution in [2.75, 3.05) is 31.5 Å². The minimum Gasteiger partial charge on any atom is -0.488 e. The molecule has 8 nitrogen and oxygen atoms in total. The van der Waals surface area contributed by atoms with Gasteiger partial charge in [-0.1, -0.05) is 61.5 Å². The van der Waals surface area contributed by atoms with Crippen LogP contribution in [0.15, 0.2) is 102 Å². The fourth-order valence-electron chi connectivity index (χ4n) is 5.66. The van der Waals surface area contributed by atoms with E-state index in [2.05, 4.69) is 46.0 Å². The number of benzene rings is 4. The average molecular weight is 646 g/mol. The third kappa shape index (κ3) is 8.12. The first kappa shape index (κ1) is 33.1. The fourth-order valence-corrected chi connectivity index (χ4v) is 6.70. The minimum absolute atomic E-state index is 0.0329. The zero-order valence-corrected chi connectivity index (χ0v) is 27.1. The number of ether oxygens (including phenoxy) is 1. The molecule has 0 spiro atoms. The Hall–Kier alpha value is -4.25. The Morgan fingerprint density at radius 3 is 2.35 bits per heavy atom. The lowest BCUT2D eigenvalue weighted by molar-refractivity contribution is -0.134. The number of hydrogen-bond acceptors (Lipinski definition) is 6. The van der Waals surface area contributed by atoms with Crippen LogP contribution < -0.4 is 9.46 Å². The molecule has 46 heavy (non-hydrogen) atoms. The molecule has 0 fully saturated rings. The van der Waals surface area contributed by atoms with Crippen LogP contribution in [0.1, 0.15) is 25.0 Å². The summed E-state index contributed by atoms with van der Waals surface area (Å²) >= 11 is 0. The number of amides is 1. The monoisotopic (exact) mass is 645 g/mol. The van der Waals surface area contributed by atoms with E-state index in [0.29, 0.717) is 30.9 Å². The van der Waals surface area contributed by atoms with E-state index in [9.17, 15) is 22.7 Å². The zero-order chi connectivity index (χ0) is 32.8. The standard InChI is InChI=1S/C36H40FN3O5S/c1-25-21-40(26(2)24-41)36(42)20-30-19-32(38-46(43,44)33-16-13-31(37)14-17-33)15-18-34(30)45-35(25)23-39(3)22-27-9-11-29(12-10-27)28-7-5-4-6-8-28/h4-19,25-26,35,38,41H,20-24H2,1-3H3/t25-,26+,35-/m1/s1. The van der Waals surface area contributed by atoms with Crippen molar-refractivity contribution in [3.63, 3.8) is 0 Å². The summed E-state index contributed by atoms with van der Waals surface area (Å²) in [5, 5.41) is 9.95. The van der Waals surface area contributed by atoms with E-state index in [1.165, 1.54) is 12.1 Å². The van der Waals surface area contributed by atoms with Gasteiger partial charge in [0, 0.05) is 36.8 Å². The molecule has 5 rings (SSSR count). The molecule has 1 aliphatic rings. The highest BCUT2D eigenvalue weighted by atomic mass is 32.2. The molecule has 0 aromatic heterocycles. The number of carbonyl (C=O) groups excluding carboxylic acids is 1.